The summed E-state index contributed by atoms with van der Waals surface area (Å²) < 4.78 is 21.4. The molecule has 4 N–H and O–H groups in total. The largest absolute Gasteiger partial charge is 0.772 e. The molecule has 0 aromatic heterocycles. The topological polar surface area (TPSA) is 90.2 Å². The molecule has 0 saturated carbocycles. The molecule has 1 aliphatic rings. The second-order valence-electron chi connectivity index (χ2n) is 4.43. The molecule has 5 nitrogen and oxygen atoms in total. The van der Waals surface area contributed by atoms with Crippen LogP contribution in [0.25, 0.3) is 0 Å². The average molecular weight is 268 g/mol. The molecule has 0 amide bonds. The molecule has 1 aromatic rings. The Morgan fingerprint density at radius 3 is 2.94 bits per heavy atom. The highest BCUT2D eigenvalue weighted by molar-refractivity contribution is 7.79. The Kier molecular flexibility index (Phi) is 4.71. The van der Waals surface area contributed by atoms with Gasteiger partial charge in [-0.25, -0.2) is 0 Å². The SMILES string of the molecule is Nc1ccc(C2CNCCN2)c(CCS(=O)[O-])c1. The van der Waals surface area contributed by atoms with Crippen molar-refractivity contribution in [1.82, 2.24) is 10.6 Å². The zero-order valence-electron chi connectivity index (χ0n) is 10.1. The smallest absolute Gasteiger partial charge is 0.0449 e. The minimum atomic E-state index is -2.01. The molecule has 0 radical (unpaired) electrons. The number of hydrogen-bond donors (Lipinski definition) is 3. The summed E-state index contributed by atoms with van der Waals surface area (Å²) in [6.45, 7) is 2.74. The summed E-state index contributed by atoms with van der Waals surface area (Å²) in [5.41, 5.74) is 8.60. The van der Waals surface area contributed by atoms with Gasteiger partial charge in [0.05, 0.1) is 0 Å². The zero-order valence-corrected chi connectivity index (χ0v) is 11.0. The van der Waals surface area contributed by atoms with E-state index in [-0.39, 0.29) is 11.8 Å². The van der Waals surface area contributed by atoms with Crippen LogP contribution in [-0.4, -0.2) is 34.1 Å². The van der Waals surface area contributed by atoms with Crippen LogP contribution in [0.1, 0.15) is 17.2 Å². The van der Waals surface area contributed by atoms with Crippen molar-refractivity contribution in [3.63, 3.8) is 0 Å². The van der Waals surface area contributed by atoms with Crippen molar-refractivity contribution in [1.29, 1.82) is 0 Å². The monoisotopic (exact) mass is 268 g/mol. The van der Waals surface area contributed by atoms with E-state index in [9.17, 15) is 8.76 Å². The Balaban J connectivity index is 2.18. The van der Waals surface area contributed by atoms with E-state index >= 15 is 0 Å². The van der Waals surface area contributed by atoms with Crippen molar-refractivity contribution >= 4 is 16.8 Å². The molecule has 1 aromatic carbocycles. The predicted molar refractivity (Wildman–Crippen MR) is 72.0 cm³/mol. The van der Waals surface area contributed by atoms with Crippen molar-refractivity contribution in [2.75, 3.05) is 31.1 Å². The van der Waals surface area contributed by atoms with Crippen molar-refractivity contribution in [2.24, 2.45) is 0 Å². The third-order valence-electron chi connectivity index (χ3n) is 3.12. The van der Waals surface area contributed by atoms with Crippen molar-refractivity contribution in [2.45, 2.75) is 12.5 Å². The van der Waals surface area contributed by atoms with Crippen LogP contribution in [0.4, 0.5) is 5.69 Å². The van der Waals surface area contributed by atoms with Gasteiger partial charge in [-0.15, -0.1) is 0 Å². The molecule has 1 aliphatic heterocycles. The Hall–Kier alpha value is -0.950. The van der Waals surface area contributed by atoms with Gasteiger partial charge >= 0.3 is 0 Å². The Bertz CT molecular complexity index is 433. The second kappa shape index (κ2) is 6.29. The van der Waals surface area contributed by atoms with Gasteiger partial charge in [-0.3, -0.25) is 4.21 Å². The van der Waals surface area contributed by atoms with E-state index in [4.69, 9.17) is 5.73 Å². The fraction of sp³-hybridized carbons (Fsp3) is 0.500. The molecule has 6 heteroatoms. The van der Waals surface area contributed by atoms with Crippen molar-refractivity contribution < 1.29 is 8.76 Å². The van der Waals surface area contributed by atoms with Gasteiger partial charge in [0, 0.05) is 37.1 Å². The number of rotatable bonds is 4. The van der Waals surface area contributed by atoms with Crippen LogP contribution < -0.4 is 16.4 Å². The lowest BCUT2D eigenvalue weighted by atomic mass is 9.97. The number of benzene rings is 1. The van der Waals surface area contributed by atoms with Gasteiger partial charge in [0.25, 0.3) is 0 Å². The molecule has 0 spiro atoms. The fourth-order valence-corrected chi connectivity index (χ4v) is 2.64. The van der Waals surface area contributed by atoms with E-state index < -0.39 is 11.1 Å². The molecular formula is C12H18N3O2S-. The first kappa shape index (κ1) is 13.5. The summed E-state index contributed by atoms with van der Waals surface area (Å²) in [7, 11) is 0. The first-order chi connectivity index (χ1) is 8.66. The Morgan fingerprint density at radius 2 is 2.28 bits per heavy atom. The minimum absolute atomic E-state index is 0.136. The number of piperazine rings is 1. The van der Waals surface area contributed by atoms with E-state index in [0.29, 0.717) is 12.1 Å². The standard InChI is InChI=1S/C12H19N3O2S/c13-10-1-2-11(12-8-14-4-5-15-12)9(7-10)3-6-18(16)17/h1-2,7,12,14-15H,3-6,8,13H2,(H,16,17)/p-1. The van der Waals surface area contributed by atoms with Crippen LogP contribution in [0.15, 0.2) is 18.2 Å². The van der Waals surface area contributed by atoms with Gasteiger partial charge in [-0.1, -0.05) is 17.1 Å². The number of hydrogen-bond acceptors (Lipinski definition) is 5. The maximum Gasteiger partial charge on any atom is 0.0449 e. The molecule has 1 heterocycles. The highest BCUT2D eigenvalue weighted by atomic mass is 32.2. The first-order valence-corrected chi connectivity index (χ1v) is 7.29. The average Bonchev–Trinajstić information content (AvgIpc) is 2.37. The lowest BCUT2D eigenvalue weighted by Crippen LogP contribution is -2.43. The van der Waals surface area contributed by atoms with Crippen LogP contribution in [0.2, 0.25) is 0 Å². The number of aryl methyl sites for hydroxylation is 1. The van der Waals surface area contributed by atoms with Gasteiger partial charge in [-0.05, 0) is 29.7 Å². The first-order valence-electron chi connectivity index (χ1n) is 6.05. The Labute approximate surface area is 109 Å². The van der Waals surface area contributed by atoms with Crippen LogP contribution >= 0.6 is 0 Å². The van der Waals surface area contributed by atoms with Crippen molar-refractivity contribution in [3.05, 3.63) is 29.3 Å². The second-order valence-corrected chi connectivity index (χ2v) is 5.44. The summed E-state index contributed by atoms with van der Waals surface area (Å²) >= 11 is -2.01. The molecule has 2 rings (SSSR count). The highest BCUT2D eigenvalue weighted by Crippen LogP contribution is 2.22. The third kappa shape index (κ3) is 3.52. The zero-order chi connectivity index (χ0) is 13.0. The maximum absolute atomic E-state index is 10.7. The van der Waals surface area contributed by atoms with Gasteiger partial charge in [0.15, 0.2) is 0 Å². The van der Waals surface area contributed by atoms with Crippen molar-refractivity contribution in [3.8, 4) is 0 Å². The lowest BCUT2D eigenvalue weighted by Gasteiger charge is -2.27. The van der Waals surface area contributed by atoms with Gasteiger partial charge < -0.3 is 20.9 Å². The van der Waals surface area contributed by atoms with E-state index in [1.165, 1.54) is 0 Å². The highest BCUT2D eigenvalue weighted by Gasteiger charge is 2.17. The fourth-order valence-electron chi connectivity index (χ4n) is 2.25. The molecular weight excluding hydrogens is 250 g/mol. The van der Waals surface area contributed by atoms with E-state index in [2.05, 4.69) is 10.6 Å². The van der Waals surface area contributed by atoms with Crippen LogP contribution in [0.5, 0.6) is 0 Å². The number of nitrogen functional groups attached to an aromatic ring is 1. The summed E-state index contributed by atoms with van der Waals surface area (Å²) in [6.07, 6.45) is 0.509. The number of anilines is 1. The number of nitrogens with two attached hydrogens (primary N) is 1. The van der Waals surface area contributed by atoms with Crippen LogP contribution in [-0.2, 0) is 17.5 Å². The molecule has 100 valence electrons. The van der Waals surface area contributed by atoms with E-state index in [0.717, 1.165) is 30.8 Å². The minimum Gasteiger partial charge on any atom is -0.772 e. The summed E-state index contributed by atoms with van der Waals surface area (Å²) in [4.78, 5) is 0. The van der Waals surface area contributed by atoms with Crippen LogP contribution in [0.3, 0.4) is 0 Å². The summed E-state index contributed by atoms with van der Waals surface area (Å²) in [5.74, 6) is 0.136. The summed E-state index contributed by atoms with van der Waals surface area (Å²) in [6, 6.07) is 5.96. The molecule has 1 fully saturated rings. The molecule has 1 saturated heterocycles. The maximum atomic E-state index is 10.7. The summed E-state index contributed by atoms with van der Waals surface area (Å²) in [5, 5.41) is 6.75. The van der Waals surface area contributed by atoms with Gasteiger partial charge in [0.1, 0.15) is 0 Å². The normalized spacial score (nSPS) is 21.7. The molecule has 2 unspecified atom stereocenters. The quantitative estimate of drug-likeness (QED) is 0.525. The number of nitrogens with one attached hydrogen (secondary N) is 2. The van der Waals surface area contributed by atoms with E-state index in [1.807, 2.05) is 18.2 Å². The molecule has 2 atom stereocenters. The lowest BCUT2D eigenvalue weighted by molar-refractivity contribution is 0.428. The predicted octanol–water partition coefficient (Wildman–Crippen LogP) is -0.0757. The molecule has 18 heavy (non-hydrogen) atoms. The Morgan fingerprint density at radius 1 is 1.44 bits per heavy atom. The molecule has 0 aliphatic carbocycles. The molecule has 0 bridgehead atoms. The van der Waals surface area contributed by atoms with Gasteiger partial charge in [0.2, 0.25) is 0 Å². The van der Waals surface area contributed by atoms with E-state index in [1.54, 1.807) is 0 Å². The third-order valence-corrected chi connectivity index (χ3v) is 3.66. The van der Waals surface area contributed by atoms with Crippen LogP contribution in [0, 0.1) is 0 Å². The van der Waals surface area contributed by atoms with Gasteiger partial charge in [-0.2, -0.15) is 0 Å².